The minimum Gasteiger partial charge on any atom is -0.348 e. The smallest absolute Gasteiger partial charge is 0.321 e. The van der Waals surface area contributed by atoms with Crippen LogP contribution in [-0.4, -0.2) is 35.7 Å². The minimum atomic E-state index is -0.478. The number of ether oxygens (including phenoxy) is 2. The highest BCUT2D eigenvalue weighted by molar-refractivity contribution is 5.18. The molecule has 2 heterocycles. The Labute approximate surface area is 101 Å². The third-order valence-corrected chi connectivity index (χ3v) is 2.71. The molecule has 1 aromatic heterocycles. The first kappa shape index (κ1) is 12.3. The van der Waals surface area contributed by atoms with Crippen molar-refractivity contribution in [2.45, 2.75) is 38.9 Å². The van der Waals surface area contributed by atoms with Gasteiger partial charge in [-0.25, -0.2) is 0 Å². The second-order valence-electron chi connectivity index (χ2n) is 4.62. The van der Waals surface area contributed by atoms with Crippen molar-refractivity contribution in [1.82, 2.24) is 10.1 Å². The van der Waals surface area contributed by atoms with Gasteiger partial charge in [-0.05, 0) is 6.92 Å². The summed E-state index contributed by atoms with van der Waals surface area (Å²) in [6.07, 6.45) is 0.742. The Morgan fingerprint density at radius 1 is 1.35 bits per heavy atom. The van der Waals surface area contributed by atoms with E-state index >= 15 is 0 Å². The van der Waals surface area contributed by atoms with Crippen molar-refractivity contribution in [2.75, 3.05) is 25.1 Å². The maximum absolute atomic E-state index is 5.49. The molecule has 1 N–H and O–H groups in total. The van der Waals surface area contributed by atoms with Crippen LogP contribution in [0.2, 0.25) is 0 Å². The van der Waals surface area contributed by atoms with Gasteiger partial charge in [-0.1, -0.05) is 19.0 Å². The summed E-state index contributed by atoms with van der Waals surface area (Å²) in [5.74, 6) is 0.508. The Hall–Kier alpha value is -1.14. The minimum absolute atomic E-state index is 0.272. The number of hydrogen-bond donors (Lipinski definition) is 1. The molecule has 0 aromatic carbocycles. The lowest BCUT2D eigenvalue weighted by atomic mass is 10.2. The van der Waals surface area contributed by atoms with Gasteiger partial charge in [-0.3, -0.25) is 0 Å². The number of aromatic nitrogens is 2. The van der Waals surface area contributed by atoms with Crippen molar-refractivity contribution >= 4 is 6.01 Å². The molecule has 1 aliphatic rings. The molecule has 1 aromatic rings. The van der Waals surface area contributed by atoms with Gasteiger partial charge < -0.3 is 19.3 Å². The van der Waals surface area contributed by atoms with Crippen LogP contribution in [-0.2, 0) is 9.47 Å². The summed E-state index contributed by atoms with van der Waals surface area (Å²) in [6.45, 7) is 7.99. The van der Waals surface area contributed by atoms with E-state index in [0.717, 1.165) is 6.42 Å². The summed E-state index contributed by atoms with van der Waals surface area (Å²) in [5, 5.41) is 6.94. The first-order valence-electron chi connectivity index (χ1n) is 5.94. The quantitative estimate of drug-likeness (QED) is 0.847. The van der Waals surface area contributed by atoms with Gasteiger partial charge in [0, 0.05) is 18.9 Å². The molecule has 0 radical (unpaired) electrons. The Bertz CT molecular complexity index is 359. The Kier molecular flexibility index (Phi) is 3.63. The topological polar surface area (TPSA) is 69.4 Å². The molecule has 0 spiro atoms. The van der Waals surface area contributed by atoms with E-state index in [1.165, 1.54) is 0 Å². The first-order valence-corrected chi connectivity index (χ1v) is 5.94. The van der Waals surface area contributed by atoms with E-state index in [9.17, 15) is 0 Å². The van der Waals surface area contributed by atoms with Gasteiger partial charge in [0.15, 0.2) is 11.6 Å². The second kappa shape index (κ2) is 5.01. The van der Waals surface area contributed by atoms with Crippen LogP contribution in [0.5, 0.6) is 0 Å². The van der Waals surface area contributed by atoms with Crippen molar-refractivity contribution in [2.24, 2.45) is 0 Å². The molecular weight excluding hydrogens is 222 g/mol. The van der Waals surface area contributed by atoms with E-state index in [2.05, 4.69) is 15.5 Å². The fourth-order valence-corrected chi connectivity index (χ4v) is 1.64. The largest absolute Gasteiger partial charge is 0.348 e. The molecule has 96 valence electrons. The molecule has 1 fully saturated rings. The van der Waals surface area contributed by atoms with Gasteiger partial charge in [-0.15, -0.1) is 0 Å². The summed E-state index contributed by atoms with van der Waals surface area (Å²) in [5.41, 5.74) is 0. The standard InChI is InChI=1S/C11H19N3O3/c1-8(2)9-13-10(17-14-9)12-5-4-11(3)15-6-7-16-11/h8H,4-7H2,1-3H3,(H,12,13,14). The molecule has 0 atom stereocenters. The van der Waals surface area contributed by atoms with Crippen molar-refractivity contribution < 1.29 is 14.0 Å². The Morgan fingerprint density at radius 3 is 2.65 bits per heavy atom. The summed E-state index contributed by atoms with van der Waals surface area (Å²) >= 11 is 0. The highest BCUT2D eigenvalue weighted by atomic mass is 16.7. The fourth-order valence-electron chi connectivity index (χ4n) is 1.64. The SMILES string of the molecule is CC(C)c1noc(NCCC2(C)OCCO2)n1. The second-order valence-corrected chi connectivity index (χ2v) is 4.62. The maximum atomic E-state index is 5.49. The zero-order valence-electron chi connectivity index (χ0n) is 10.5. The molecule has 1 saturated heterocycles. The number of rotatable bonds is 5. The van der Waals surface area contributed by atoms with Crippen LogP contribution in [0.3, 0.4) is 0 Å². The van der Waals surface area contributed by atoms with Gasteiger partial charge in [-0.2, -0.15) is 4.98 Å². The van der Waals surface area contributed by atoms with Crippen LogP contribution in [0.25, 0.3) is 0 Å². The zero-order chi connectivity index (χ0) is 12.3. The molecule has 17 heavy (non-hydrogen) atoms. The zero-order valence-corrected chi connectivity index (χ0v) is 10.5. The Morgan fingerprint density at radius 2 is 2.06 bits per heavy atom. The summed E-state index contributed by atoms with van der Waals surface area (Å²) in [4.78, 5) is 4.23. The van der Waals surface area contributed by atoms with E-state index < -0.39 is 5.79 Å². The molecular formula is C11H19N3O3. The van der Waals surface area contributed by atoms with Gasteiger partial charge in [0.2, 0.25) is 0 Å². The molecule has 0 unspecified atom stereocenters. The lowest BCUT2D eigenvalue weighted by molar-refractivity contribution is -0.144. The summed E-state index contributed by atoms with van der Waals surface area (Å²) in [6, 6.07) is 0.454. The highest BCUT2D eigenvalue weighted by Gasteiger charge is 2.30. The number of anilines is 1. The predicted molar refractivity (Wildman–Crippen MR) is 61.8 cm³/mol. The molecule has 0 amide bonds. The highest BCUT2D eigenvalue weighted by Crippen LogP contribution is 2.22. The van der Waals surface area contributed by atoms with Crippen LogP contribution in [0.15, 0.2) is 4.52 Å². The summed E-state index contributed by atoms with van der Waals surface area (Å²) < 4.78 is 16.1. The van der Waals surface area contributed by atoms with Gasteiger partial charge in [0.25, 0.3) is 0 Å². The van der Waals surface area contributed by atoms with Gasteiger partial charge in [0.05, 0.1) is 13.2 Å². The average Bonchev–Trinajstić information content (AvgIpc) is 2.88. The van der Waals surface area contributed by atoms with Crippen molar-refractivity contribution in [3.8, 4) is 0 Å². The van der Waals surface area contributed by atoms with Crippen LogP contribution in [0.1, 0.15) is 38.9 Å². The van der Waals surface area contributed by atoms with E-state index in [0.29, 0.717) is 31.6 Å². The lowest BCUT2D eigenvalue weighted by Crippen LogP contribution is -2.28. The molecule has 2 rings (SSSR count). The van der Waals surface area contributed by atoms with Crippen LogP contribution in [0.4, 0.5) is 6.01 Å². The molecule has 0 bridgehead atoms. The normalized spacial score (nSPS) is 18.8. The van der Waals surface area contributed by atoms with E-state index in [-0.39, 0.29) is 5.92 Å². The van der Waals surface area contributed by atoms with Gasteiger partial charge in [0.1, 0.15) is 0 Å². The first-order chi connectivity index (χ1) is 8.09. The molecule has 6 heteroatoms. The van der Waals surface area contributed by atoms with E-state index in [4.69, 9.17) is 14.0 Å². The van der Waals surface area contributed by atoms with Crippen LogP contribution >= 0.6 is 0 Å². The van der Waals surface area contributed by atoms with Crippen molar-refractivity contribution in [3.05, 3.63) is 5.82 Å². The van der Waals surface area contributed by atoms with Crippen LogP contribution < -0.4 is 5.32 Å². The molecule has 1 aliphatic heterocycles. The number of nitrogens with one attached hydrogen (secondary N) is 1. The summed E-state index contributed by atoms with van der Waals surface area (Å²) in [7, 11) is 0. The molecule has 0 aliphatic carbocycles. The molecule has 6 nitrogen and oxygen atoms in total. The number of hydrogen-bond acceptors (Lipinski definition) is 6. The van der Waals surface area contributed by atoms with E-state index in [1.807, 2.05) is 20.8 Å². The van der Waals surface area contributed by atoms with Crippen molar-refractivity contribution in [1.29, 1.82) is 0 Å². The maximum Gasteiger partial charge on any atom is 0.321 e. The lowest BCUT2D eigenvalue weighted by Gasteiger charge is -2.21. The van der Waals surface area contributed by atoms with E-state index in [1.54, 1.807) is 0 Å². The predicted octanol–water partition coefficient (Wildman–Crippen LogP) is 1.76. The number of nitrogens with zero attached hydrogens (tertiary/aromatic N) is 2. The van der Waals surface area contributed by atoms with Crippen molar-refractivity contribution in [3.63, 3.8) is 0 Å². The van der Waals surface area contributed by atoms with Crippen LogP contribution in [0, 0.1) is 0 Å². The average molecular weight is 241 g/mol. The fraction of sp³-hybridized carbons (Fsp3) is 0.818. The third kappa shape index (κ3) is 3.17. The molecule has 0 saturated carbocycles. The Balaban J connectivity index is 1.77. The third-order valence-electron chi connectivity index (χ3n) is 2.71. The van der Waals surface area contributed by atoms with Gasteiger partial charge >= 0.3 is 6.01 Å². The monoisotopic (exact) mass is 241 g/mol.